The average Bonchev–Trinajstić information content (AvgIpc) is 3.38. The van der Waals surface area contributed by atoms with Crippen LogP contribution in [0.2, 0.25) is 0 Å². The summed E-state index contributed by atoms with van der Waals surface area (Å²) in [4.78, 5) is 49.1. The van der Waals surface area contributed by atoms with Crippen LogP contribution in [0, 0.1) is 11.8 Å². The first kappa shape index (κ1) is 29.6. The van der Waals surface area contributed by atoms with Gasteiger partial charge in [-0.25, -0.2) is 5.48 Å². The molecule has 0 aliphatic carbocycles. The van der Waals surface area contributed by atoms with Gasteiger partial charge in [-0.15, -0.1) is 0 Å². The summed E-state index contributed by atoms with van der Waals surface area (Å²) in [5.41, 5.74) is 1.77. The molecule has 202 valence electrons. The molecule has 2 atom stereocenters. The van der Waals surface area contributed by atoms with Crippen molar-refractivity contribution in [1.29, 1.82) is 0 Å². The lowest BCUT2D eigenvalue weighted by Gasteiger charge is -2.24. The Balaban J connectivity index is 2.03. The van der Waals surface area contributed by atoms with Gasteiger partial charge in [-0.1, -0.05) is 51.3 Å². The first-order valence-corrected chi connectivity index (χ1v) is 12.5. The van der Waals surface area contributed by atoms with E-state index in [1.165, 1.54) is 6.07 Å². The van der Waals surface area contributed by atoms with Crippen LogP contribution in [0.1, 0.15) is 75.9 Å². The minimum absolute atomic E-state index is 0.0257. The lowest BCUT2D eigenvalue weighted by molar-refractivity contribution is -0.142. The number of carbonyl (C=O) groups excluding carboxylic acids is 3. The van der Waals surface area contributed by atoms with Crippen LogP contribution in [0.25, 0.3) is 11.3 Å². The van der Waals surface area contributed by atoms with Gasteiger partial charge in [0, 0.05) is 11.5 Å². The van der Waals surface area contributed by atoms with Crippen molar-refractivity contribution in [1.82, 2.24) is 16.1 Å². The van der Waals surface area contributed by atoms with Crippen LogP contribution in [0.5, 0.6) is 0 Å². The second-order valence-corrected chi connectivity index (χ2v) is 9.49. The van der Waals surface area contributed by atoms with Crippen molar-refractivity contribution in [2.45, 2.75) is 65.2 Å². The molecule has 0 aliphatic rings. The quantitative estimate of drug-likeness (QED) is 0.111. The molecule has 0 radical (unpaired) electrons. The molecule has 10 heteroatoms. The van der Waals surface area contributed by atoms with Crippen molar-refractivity contribution in [3.05, 3.63) is 47.7 Å². The number of rotatable bonds is 14. The van der Waals surface area contributed by atoms with Crippen molar-refractivity contribution in [3.63, 3.8) is 0 Å². The maximum atomic E-state index is 12.8. The van der Waals surface area contributed by atoms with Crippen LogP contribution in [0.15, 0.2) is 40.8 Å². The predicted molar refractivity (Wildman–Crippen MR) is 137 cm³/mol. The molecule has 1 aromatic carbocycles. The van der Waals surface area contributed by atoms with Gasteiger partial charge in [0.15, 0.2) is 5.76 Å². The van der Waals surface area contributed by atoms with E-state index in [1.54, 1.807) is 56.6 Å². The van der Waals surface area contributed by atoms with Crippen molar-refractivity contribution in [2.24, 2.45) is 11.8 Å². The van der Waals surface area contributed by atoms with E-state index in [2.05, 4.69) is 10.6 Å². The van der Waals surface area contributed by atoms with E-state index in [-0.39, 0.29) is 18.3 Å². The van der Waals surface area contributed by atoms with Gasteiger partial charge >= 0.3 is 5.97 Å². The standard InChI is InChI=1S/C27H37N3O7/c1-5-7-8-12-20(19(6-2)24(32)30-36)23(31)28-16-29-25(33)22-14-13-21(37-22)17-10-9-11-18(15-17)27(3,4)26(34)35/h9-11,13-15,19-20,36H,5-8,12,16H2,1-4H3,(H,28,31)(H,29,33)(H,30,32)(H,34,35)/t19-,20-/m1/s1. The molecule has 0 spiro atoms. The Labute approximate surface area is 216 Å². The van der Waals surface area contributed by atoms with Crippen LogP contribution in [-0.4, -0.2) is 40.7 Å². The van der Waals surface area contributed by atoms with E-state index >= 15 is 0 Å². The largest absolute Gasteiger partial charge is 0.481 e. The molecule has 2 rings (SSSR count). The minimum atomic E-state index is -1.09. The van der Waals surface area contributed by atoms with Gasteiger partial charge in [0.1, 0.15) is 5.76 Å². The third-order valence-electron chi connectivity index (χ3n) is 6.57. The molecule has 1 heterocycles. The number of amides is 3. The number of aliphatic carboxylic acids is 1. The Morgan fingerprint density at radius 3 is 2.32 bits per heavy atom. The molecule has 1 aromatic heterocycles. The van der Waals surface area contributed by atoms with E-state index in [4.69, 9.17) is 9.62 Å². The third-order valence-corrected chi connectivity index (χ3v) is 6.57. The molecular formula is C27H37N3O7. The fraction of sp³-hybridized carbons (Fsp3) is 0.481. The Morgan fingerprint density at radius 1 is 0.973 bits per heavy atom. The molecule has 0 unspecified atom stereocenters. The molecule has 0 saturated heterocycles. The van der Waals surface area contributed by atoms with Crippen LogP contribution in [0.4, 0.5) is 0 Å². The van der Waals surface area contributed by atoms with Gasteiger partial charge < -0.3 is 20.2 Å². The molecule has 0 saturated carbocycles. The Hall–Kier alpha value is -3.66. The zero-order valence-electron chi connectivity index (χ0n) is 21.8. The van der Waals surface area contributed by atoms with Crippen LogP contribution < -0.4 is 16.1 Å². The van der Waals surface area contributed by atoms with E-state index < -0.39 is 35.0 Å². The number of nitrogens with one attached hydrogen (secondary N) is 3. The second-order valence-electron chi connectivity index (χ2n) is 9.49. The maximum Gasteiger partial charge on any atom is 0.313 e. The molecule has 3 amide bonds. The molecule has 0 bridgehead atoms. The van der Waals surface area contributed by atoms with Gasteiger partial charge in [-0.3, -0.25) is 24.4 Å². The molecule has 0 aliphatic heterocycles. The van der Waals surface area contributed by atoms with Gasteiger partial charge in [0.2, 0.25) is 11.8 Å². The van der Waals surface area contributed by atoms with E-state index in [0.717, 1.165) is 19.3 Å². The summed E-state index contributed by atoms with van der Waals surface area (Å²) >= 11 is 0. The van der Waals surface area contributed by atoms with Crippen LogP contribution >= 0.6 is 0 Å². The summed E-state index contributed by atoms with van der Waals surface area (Å²) in [5, 5.41) is 23.8. The van der Waals surface area contributed by atoms with Gasteiger partial charge in [0.05, 0.1) is 18.0 Å². The summed E-state index contributed by atoms with van der Waals surface area (Å²) in [7, 11) is 0. The number of unbranched alkanes of at least 4 members (excludes halogenated alkanes) is 2. The average molecular weight is 516 g/mol. The van der Waals surface area contributed by atoms with Crippen molar-refractivity contribution in [3.8, 4) is 11.3 Å². The minimum Gasteiger partial charge on any atom is -0.481 e. The van der Waals surface area contributed by atoms with Crippen LogP contribution in [0.3, 0.4) is 0 Å². The fourth-order valence-corrected chi connectivity index (χ4v) is 4.09. The van der Waals surface area contributed by atoms with Crippen molar-refractivity contribution < 1.29 is 33.9 Å². The fourth-order valence-electron chi connectivity index (χ4n) is 4.09. The summed E-state index contributed by atoms with van der Waals surface area (Å²) in [6.07, 6.45) is 3.49. The molecule has 2 aromatic rings. The Bertz CT molecular complexity index is 1090. The summed E-state index contributed by atoms with van der Waals surface area (Å²) in [6, 6.07) is 10.0. The normalized spacial score (nSPS) is 12.9. The summed E-state index contributed by atoms with van der Waals surface area (Å²) in [6.45, 7) is 6.86. The highest BCUT2D eigenvalue weighted by Gasteiger charge is 2.32. The zero-order valence-corrected chi connectivity index (χ0v) is 21.8. The highest BCUT2D eigenvalue weighted by molar-refractivity contribution is 5.92. The molecule has 5 N–H and O–H groups in total. The molecule has 37 heavy (non-hydrogen) atoms. The number of hydroxylamine groups is 1. The third kappa shape index (κ3) is 7.66. The van der Waals surface area contributed by atoms with Gasteiger partial charge in [-0.05, 0) is 50.5 Å². The first-order valence-electron chi connectivity index (χ1n) is 12.5. The monoisotopic (exact) mass is 515 g/mol. The topological polar surface area (TPSA) is 158 Å². The first-order chi connectivity index (χ1) is 17.6. The van der Waals surface area contributed by atoms with E-state index in [9.17, 15) is 24.3 Å². The smallest absolute Gasteiger partial charge is 0.313 e. The second kappa shape index (κ2) is 13.6. The van der Waals surface area contributed by atoms with E-state index in [0.29, 0.717) is 29.7 Å². The molecular weight excluding hydrogens is 478 g/mol. The number of hydrogen-bond acceptors (Lipinski definition) is 6. The van der Waals surface area contributed by atoms with Gasteiger partial charge in [-0.2, -0.15) is 0 Å². The van der Waals surface area contributed by atoms with Crippen LogP contribution in [-0.2, 0) is 19.8 Å². The number of furan rings is 1. The van der Waals surface area contributed by atoms with Crippen molar-refractivity contribution in [2.75, 3.05) is 6.67 Å². The lowest BCUT2D eigenvalue weighted by Crippen LogP contribution is -2.44. The Morgan fingerprint density at radius 2 is 1.70 bits per heavy atom. The predicted octanol–water partition coefficient (Wildman–Crippen LogP) is 3.84. The Kier molecular flexibility index (Phi) is 10.9. The van der Waals surface area contributed by atoms with E-state index in [1.807, 2.05) is 6.92 Å². The number of benzene rings is 1. The number of hydrogen-bond donors (Lipinski definition) is 5. The number of carboxylic acid groups (broad SMARTS) is 1. The number of carboxylic acids is 1. The van der Waals surface area contributed by atoms with Crippen molar-refractivity contribution >= 4 is 23.7 Å². The lowest BCUT2D eigenvalue weighted by atomic mass is 9.84. The highest BCUT2D eigenvalue weighted by Crippen LogP contribution is 2.29. The molecule has 0 fully saturated rings. The zero-order chi connectivity index (χ0) is 27.6. The maximum absolute atomic E-state index is 12.8. The SMILES string of the molecule is CCCCC[C@@H](C(=O)NCNC(=O)c1ccc(-c2cccc(C(C)(C)C(=O)O)c2)o1)[C@@H](CC)C(=O)NO. The summed E-state index contributed by atoms with van der Waals surface area (Å²) in [5.74, 6) is -3.40. The summed E-state index contributed by atoms with van der Waals surface area (Å²) < 4.78 is 5.68. The van der Waals surface area contributed by atoms with Gasteiger partial charge in [0.25, 0.3) is 5.91 Å². The number of carbonyl (C=O) groups is 4. The molecule has 10 nitrogen and oxygen atoms in total. The highest BCUT2D eigenvalue weighted by atomic mass is 16.5.